The molecule has 0 saturated carbocycles. The van der Waals surface area contributed by atoms with Crippen LogP contribution in [-0.4, -0.2) is 23.3 Å². The van der Waals surface area contributed by atoms with Gasteiger partial charge in [-0.2, -0.15) is 0 Å². The zero-order chi connectivity index (χ0) is 20.1. The van der Waals surface area contributed by atoms with E-state index in [1.54, 1.807) is 12.1 Å². The summed E-state index contributed by atoms with van der Waals surface area (Å²) < 4.78 is 50.3. The second kappa shape index (κ2) is 8.51. The topological polar surface area (TPSA) is 69.4 Å². The minimum atomic E-state index is -1.03. The van der Waals surface area contributed by atoms with Crippen molar-refractivity contribution in [3.63, 3.8) is 0 Å². The molecule has 144 valence electrons. The second-order valence-corrected chi connectivity index (χ2v) is 5.81. The van der Waals surface area contributed by atoms with Gasteiger partial charge < -0.3 is 9.15 Å². The monoisotopic (exact) mass is 389 g/mol. The molecule has 0 aliphatic heterocycles. The molecule has 0 unspecified atom stereocenters. The summed E-state index contributed by atoms with van der Waals surface area (Å²) in [5.41, 5.74) is -0.118. The first-order valence-electron chi connectivity index (χ1n) is 8.27. The summed E-state index contributed by atoms with van der Waals surface area (Å²) >= 11 is 0. The first-order valence-corrected chi connectivity index (χ1v) is 8.27. The number of carbonyl (C=O) groups is 2. The minimum Gasteiger partial charge on any atom is -0.457 e. The van der Waals surface area contributed by atoms with Gasteiger partial charge in [-0.15, -0.1) is 0 Å². The molecule has 3 rings (SSSR count). The number of esters is 1. The van der Waals surface area contributed by atoms with Crippen molar-refractivity contribution in [3.8, 4) is 11.3 Å². The molecule has 1 heterocycles. The standard InChI is InChI=1S/C20H14F3NO4/c21-12-5-6-13(16(23)9-12)17(25)11-27-20(26)8-7-19-24-10-18(28-19)14-3-1-2-4-15(14)22/h1-6,9-10H,7-8,11H2. The van der Waals surface area contributed by atoms with E-state index in [1.165, 1.54) is 18.3 Å². The quantitative estimate of drug-likeness (QED) is 0.449. The smallest absolute Gasteiger partial charge is 0.306 e. The van der Waals surface area contributed by atoms with Crippen LogP contribution in [0, 0.1) is 17.5 Å². The fraction of sp³-hybridized carbons (Fsp3) is 0.150. The molecule has 1 aromatic heterocycles. The highest BCUT2D eigenvalue weighted by molar-refractivity contribution is 5.98. The number of aryl methyl sites for hydroxylation is 1. The molecular formula is C20H14F3NO4. The number of rotatable bonds is 7. The lowest BCUT2D eigenvalue weighted by molar-refractivity contribution is -0.142. The number of benzene rings is 2. The van der Waals surface area contributed by atoms with Gasteiger partial charge in [0.2, 0.25) is 5.78 Å². The highest BCUT2D eigenvalue weighted by atomic mass is 19.1. The van der Waals surface area contributed by atoms with Crippen molar-refractivity contribution in [1.29, 1.82) is 0 Å². The predicted molar refractivity (Wildman–Crippen MR) is 91.9 cm³/mol. The van der Waals surface area contributed by atoms with Gasteiger partial charge in [-0.1, -0.05) is 12.1 Å². The molecule has 0 aliphatic rings. The normalized spacial score (nSPS) is 10.7. The Morgan fingerprint density at radius 1 is 1.04 bits per heavy atom. The number of oxazole rings is 1. The zero-order valence-electron chi connectivity index (χ0n) is 14.5. The molecule has 2 aromatic carbocycles. The first kappa shape index (κ1) is 19.3. The van der Waals surface area contributed by atoms with Crippen LogP contribution in [0.2, 0.25) is 0 Å². The van der Waals surface area contributed by atoms with E-state index in [9.17, 15) is 22.8 Å². The van der Waals surface area contributed by atoms with E-state index < -0.39 is 35.8 Å². The Hall–Kier alpha value is -3.42. The van der Waals surface area contributed by atoms with Gasteiger partial charge in [0.15, 0.2) is 18.3 Å². The molecule has 0 spiro atoms. The zero-order valence-corrected chi connectivity index (χ0v) is 14.5. The Kier molecular flexibility index (Phi) is 5.88. The summed E-state index contributed by atoms with van der Waals surface area (Å²) in [5, 5.41) is 0. The number of Topliss-reactive ketones (excluding diaryl/α,β-unsaturated/α-hetero) is 1. The van der Waals surface area contributed by atoms with Crippen LogP contribution in [0.3, 0.4) is 0 Å². The molecule has 0 fully saturated rings. The van der Waals surface area contributed by atoms with Gasteiger partial charge in [-0.3, -0.25) is 9.59 Å². The van der Waals surface area contributed by atoms with Crippen LogP contribution in [0.1, 0.15) is 22.7 Å². The van der Waals surface area contributed by atoms with E-state index in [0.717, 1.165) is 12.1 Å². The lowest BCUT2D eigenvalue weighted by Gasteiger charge is -2.05. The Morgan fingerprint density at radius 2 is 1.82 bits per heavy atom. The van der Waals surface area contributed by atoms with E-state index in [-0.39, 0.29) is 35.6 Å². The Balaban J connectivity index is 1.51. The summed E-state index contributed by atoms with van der Waals surface area (Å²) in [6.07, 6.45) is 1.28. The van der Waals surface area contributed by atoms with E-state index in [0.29, 0.717) is 6.07 Å². The Morgan fingerprint density at radius 3 is 2.57 bits per heavy atom. The third kappa shape index (κ3) is 4.64. The average molecular weight is 389 g/mol. The molecule has 0 amide bonds. The van der Waals surface area contributed by atoms with Crippen molar-refractivity contribution < 1.29 is 31.9 Å². The van der Waals surface area contributed by atoms with Crippen molar-refractivity contribution in [3.05, 3.63) is 77.6 Å². The molecule has 0 atom stereocenters. The largest absolute Gasteiger partial charge is 0.457 e. The van der Waals surface area contributed by atoms with E-state index >= 15 is 0 Å². The predicted octanol–water partition coefficient (Wildman–Crippen LogP) is 4.12. The lowest BCUT2D eigenvalue weighted by atomic mass is 10.1. The average Bonchev–Trinajstić information content (AvgIpc) is 3.13. The molecule has 3 aromatic rings. The van der Waals surface area contributed by atoms with E-state index in [1.807, 2.05) is 0 Å². The van der Waals surface area contributed by atoms with Crippen LogP contribution in [0.15, 0.2) is 53.1 Å². The number of ketones is 1. The van der Waals surface area contributed by atoms with Crippen molar-refractivity contribution in [1.82, 2.24) is 4.98 Å². The first-order chi connectivity index (χ1) is 13.4. The number of hydrogen-bond donors (Lipinski definition) is 0. The van der Waals surface area contributed by atoms with Gasteiger partial charge in [0, 0.05) is 12.5 Å². The summed E-state index contributed by atoms with van der Waals surface area (Å²) in [6, 6.07) is 8.52. The molecular weight excluding hydrogens is 375 g/mol. The molecule has 8 heteroatoms. The Labute approximate surface area is 157 Å². The van der Waals surface area contributed by atoms with Crippen molar-refractivity contribution in [2.24, 2.45) is 0 Å². The molecule has 28 heavy (non-hydrogen) atoms. The van der Waals surface area contributed by atoms with Gasteiger partial charge in [-0.25, -0.2) is 18.2 Å². The van der Waals surface area contributed by atoms with Crippen LogP contribution < -0.4 is 0 Å². The highest BCUT2D eigenvalue weighted by Gasteiger charge is 2.16. The molecule has 0 aliphatic carbocycles. The third-order valence-corrected chi connectivity index (χ3v) is 3.83. The van der Waals surface area contributed by atoms with Crippen LogP contribution in [0.25, 0.3) is 11.3 Å². The maximum atomic E-state index is 13.7. The summed E-state index contributed by atoms with van der Waals surface area (Å²) in [4.78, 5) is 27.6. The number of ether oxygens (including phenoxy) is 1. The molecule has 0 radical (unpaired) electrons. The number of nitrogens with zero attached hydrogens (tertiary/aromatic N) is 1. The number of halogens is 3. The van der Waals surface area contributed by atoms with E-state index in [4.69, 9.17) is 9.15 Å². The summed E-state index contributed by atoms with van der Waals surface area (Å²) in [7, 11) is 0. The van der Waals surface area contributed by atoms with Gasteiger partial charge in [0.1, 0.15) is 17.5 Å². The maximum Gasteiger partial charge on any atom is 0.306 e. The fourth-order valence-electron chi connectivity index (χ4n) is 2.43. The lowest BCUT2D eigenvalue weighted by Crippen LogP contribution is -2.15. The third-order valence-electron chi connectivity index (χ3n) is 3.83. The van der Waals surface area contributed by atoms with Gasteiger partial charge in [0.05, 0.1) is 23.7 Å². The van der Waals surface area contributed by atoms with Crippen molar-refractivity contribution >= 4 is 11.8 Å². The molecule has 0 bridgehead atoms. The number of carbonyl (C=O) groups excluding carboxylic acids is 2. The second-order valence-electron chi connectivity index (χ2n) is 5.81. The van der Waals surface area contributed by atoms with Crippen LogP contribution in [-0.2, 0) is 16.0 Å². The minimum absolute atomic E-state index is 0.0758. The fourth-order valence-corrected chi connectivity index (χ4v) is 2.43. The van der Waals surface area contributed by atoms with Gasteiger partial charge in [0.25, 0.3) is 0 Å². The summed E-state index contributed by atoms with van der Waals surface area (Å²) in [5.74, 6) is -3.38. The van der Waals surface area contributed by atoms with Gasteiger partial charge >= 0.3 is 5.97 Å². The molecule has 0 N–H and O–H groups in total. The SMILES string of the molecule is O=C(CCc1ncc(-c2ccccc2F)o1)OCC(=O)c1ccc(F)cc1F. The molecule has 5 nitrogen and oxygen atoms in total. The van der Waals surface area contributed by atoms with Crippen molar-refractivity contribution in [2.75, 3.05) is 6.61 Å². The summed E-state index contributed by atoms with van der Waals surface area (Å²) in [6.45, 7) is -0.673. The number of hydrogen-bond acceptors (Lipinski definition) is 5. The van der Waals surface area contributed by atoms with Crippen LogP contribution >= 0.6 is 0 Å². The van der Waals surface area contributed by atoms with Crippen LogP contribution in [0.5, 0.6) is 0 Å². The molecule has 0 saturated heterocycles. The van der Waals surface area contributed by atoms with Gasteiger partial charge in [-0.05, 0) is 24.3 Å². The van der Waals surface area contributed by atoms with Crippen LogP contribution in [0.4, 0.5) is 13.2 Å². The number of aromatic nitrogens is 1. The van der Waals surface area contributed by atoms with Crippen molar-refractivity contribution in [2.45, 2.75) is 12.8 Å². The maximum absolute atomic E-state index is 13.7. The highest BCUT2D eigenvalue weighted by Crippen LogP contribution is 2.23. The van der Waals surface area contributed by atoms with E-state index in [2.05, 4.69) is 4.98 Å². The Bertz CT molecular complexity index is 1020.